The van der Waals surface area contributed by atoms with Crippen LogP contribution < -0.4 is 24.8 Å². The van der Waals surface area contributed by atoms with Crippen LogP contribution in [0.5, 0.6) is 17.2 Å². The van der Waals surface area contributed by atoms with Crippen LogP contribution in [-0.4, -0.2) is 33.1 Å². The molecule has 2 amide bonds. The Bertz CT molecular complexity index is 1120. The minimum Gasteiger partial charge on any atom is -0.497 e. The van der Waals surface area contributed by atoms with Gasteiger partial charge in [-0.3, -0.25) is 9.59 Å². The third-order valence-corrected chi connectivity index (χ3v) is 5.75. The fourth-order valence-electron chi connectivity index (χ4n) is 3.10. The number of ether oxygens (including phenoxy) is 3. The maximum absolute atomic E-state index is 13.1. The van der Waals surface area contributed by atoms with E-state index in [1.54, 1.807) is 31.4 Å². The van der Waals surface area contributed by atoms with E-state index in [2.05, 4.69) is 10.6 Å². The number of carbonyl (C=O) groups is 2. The maximum Gasteiger partial charge on any atom is 0.268 e. The molecular weight excluding hydrogens is 440 g/mol. The maximum atomic E-state index is 13.1. The van der Waals surface area contributed by atoms with E-state index < -0.39 is 11.8 Å². The van der Waals surface area contributed by atoms with Gasteiger partial charge in [0, 0.05) is 10.4 Å². The Morgan fingerprint density at radius 2 is 1.67 bits per heavy atom. The summed E-state index contributed by atoms with van der Waals surface area (Å²) in [6.45, 7) is 1.87. The molecule has 0 aliphatic heterocycles. The number of benzene rings is 2. The monoisotopic (exact) mass is 466 g/mol. The summed E-state index contributed by atoms with van der Waals surface area (Å²) in [4.78, 5) is 26.9. The summed E-state index contributed by atoms with van der Waals surface area (Å²) >= 11 is 1.46. The standard InChI is InChI=1S/C25H26N2O5S/c1-16(17-7-10-19(30-2)11-8-17)26-25(29)21(15-20-6-5-13-33-20)27-24(28)18-9-12-22(31-3)23(14-18)32-4/h5-16H,1-4H3,(H,26,29)(H,27,28)/b21-15-/t16-/m1/s1. The lowest BCUT2D eigenvalue weighted by Crippen LogP contribution is -2.36. The molecule has 1 aromatic heterocycles. The highest BCUT2D eigenvalue weighted by Gasteiger charge is 2.19. The van der Waals surface area contributed by atoms with Crippen LogP contribution in [0.4, 0.5) is 0 Å². The number of nitrogens with one attached hydrogen (secondary N) is 2. The highest BCUT2D eigenvalue weighted by Crippen LogP contribution is 2.27. The summed E-state index contributed by atoms with van der Waals surface area (Å²) < 4.78 is 15.7. The van der Waals surface area contributed by atoms with Crippen molar-refractivity contribution in [2.45, 2.75) is 13.0 Å². The summed E-state index contributed by atoms with van der Waals surface area (Å²) in [6, 6.07) is 15.7. The van der Waals surface area contributed by atoms with Gasteiger partial charge in [0.2, 0.25) is 0 Å². The van der Waals surface area contributed by atoms with Gasteiger partial charge < -0.3 is 24.8 Å². The molecule has 8 heteroatoms. The fourth-order valence-corrected chi connectivity index (χ4v) is 3.75. The number of methoxy groups -OCH3 is 3. The van der Waals surface area contributed by atoms with E-state index in [1.165, 1.54) is 25.6 Å². The molecular formula is C25H26N2O5S. The average molecular weight is 467 g/mol. The topological polar surface area (TPSA) is 85.9 Å². The van der Waals surface area contributed by atoms with Crippen LogP contribution in [0.2, 0.25) is 0 Å². The third kappa shape index (κ3) is 6.14. The average Bonchev–Trinajstić information content (AvgIpc) is 3.36. The van der Waals surface area contributed by atoms with E-state index in [1.807, 2.05) is 48.7 Å². The van der Waals surface area contributed by atoms with E-state index in [-0.39, 0.29) is 11.7 Å². The van der Waals surface area contributed by atoms with Gasteiger partial charge in [0.05, 0.1) is 27.4 Å². The highest BCUT2D eigenvalue weighted by molar-refractivity contribution is 7.10. The van der Waals surface area contributed by atoms with Crippen molar-refractivity contribution in [2.75, 3.05) is 21.3 Å². The first-order chi connectivity index (χ1) is 15.9. The van der Waals surface area contributed by atoms with Crippen LogP contribution >= 0.6 is 11.3 Å². The van der Waals surface area contributed by atoms with Crippen molar-refractivity contribution in [1.82, 2.24) is 10.6 Å². The summed E-state index contributed by atoms with van der Waals surface area (Å²) in [6.07, 6.45) is 1.65. The van der Waals surface area contributed by atoms with Crippen LogP contribution in [0.25, 0.3) is 6.08 Å². The number of thiophene rings is 1. The van der Waals surface area contributed by atoms with Crippen molar-refractivity contribution in [1.29, 1.82) is 0 Å². The molecule has 0 saturated heterocycles. The van der Waals surface area contributed by atoms with Crippen LogP contribution in [0, 0.1) is 0 Å². The van der Waals surface area contributed by atoms with Crippen LogP contribution in [-0.2, 0) is 4.79 Å². The van der Waals surface area contributed by atoms with Crippen molar-refractivity contribution < 1.29 is 23.8 Å². The van der Waals surface area contributed by atoms with Crippen molar-refractivity contribution >= 4 is 29.2 Å². The lowest BCUT2D eigenvalue weighted by atomic mass is 10.1. The van der Waals surface area contributed by atoms with Gasteiger partial charge in [0.15, 0.2) is 11.5 Å². The largest absolute Gasteiger partial charge is 0.497 e. The van der Waals surface area contributed by atoms with Crippen LogP contribution in [0.3, 0.4) is 0 Å². The summed E-state index contributed by atoms with van der Waals surface area (Å²) in [5, 5.41) is 7.58. The zero-order valence-electron chi connectivity index (χ0n) is 18.9. The lowest BCUT2D eigenvalue weighted by Gasteiger charge is -2.17. The number of hydrogen-bond acceptors (Lipinski definition) is 6. The Morgan fingerprint density at radius 3 is 2.27 bits per heavy atom. The lowest BCUT2D eigenvalue weighted by molar-refractivity contribution is -0.118. The van der Waals surface area contributed by atoms with E-state index in [4.69, 9.17) is 14.2 Å². The molecule has 0 bridgehead atoms. The van der Waals surface area contributed by atoms with Crippen molar-refractivity contribution in [3.63, 3.8) is 0 Å². The number of amides is 2. The molecule has 2 aromatic carbocycles. The first-order valence-corrected chi connectivity index (χ1v) is 11.1. The summed E-state index contributed by atoms with van der Waals surface area (Å²) in [7, 11) is 4.62. The molecule has 0 spiro atoms. The first-order valence-electron chi connectivity index (χ1n) is 10.2. The zero-order valence-corrected chi connectivity index (χ0v) is 19.7. The molecule has 3 aromatic rings. The zero-order chi connectivity index (χ0) is 23.8. The van der Waals surface area contributed by atoms with Crippen molar-refractivity contribution in [3.05, 3.63) is 81.7 Å². The molecule has 0 aliphatic rings. The molecule has 2 N–H and O–H groups in total. The minimum absolute atomic E-state index is 0.137. The van der Waals surface area contributed by atoms with Gasteiger partial charge in [-0.2, -0.15) is 0 Å². The molecule has 7 nitrogen and oxygen atoms in total. The van der Waals surface area contributed by atoms with E-state index in [9.17, 15) is 9.59 Å². The quantitative estimate of drug-likeness (QED) is 0.456. The fraction of sp³-hybridized carbons (Fsp3) is 0.200. The second kappa shape index (κ2) is 11.2. The van der Waals surface area contributed by atoms with Gasteiger partial charge in [-0.05, 0) is 60.3 Å². The number of hydrogen-bond donors (Lipinski definition) is 2. The van der Waals surface area contributed by atoms with Gasteiger partial charge in [-0.25, -0.2) is 0 Å². The molecule has 1 atom stereocenters. The second-order valence-electron chi connectivity index (χ2n) is 7.07. The molecule has 1 heterocycles. The molecule has 3 rings (SSSR count). The first kappa shape index (κ1) is 23.9. The Kier molecular flexibility index (Phi) is 8.10. The molecule has 0 saturated carbocycles. The van der Waals surface area contributed by atoms with E-state index in [0.717, 1.165) is 16.2 Å². The second-order valence-corrected chi connectivity index (χ2v) is 8.04. The Balaban J connectivity index is 1.81. The van der Waals surface area contributed by atoms with E-state index in [0.29, 0.717) is 17.1 Å². The molecule has 0 radical (unpaired) electrons. The Labute approximate surface area is 197 Å². The van der Waals surface area contributed by atoms with Gasteiger partial charge in [-0.1, -0.05) is 18.2 Å². The Morgan fingerprint density at radius 1 is 0.939 bits per heavy atom. The predicted octanol–water partition coefficient (Wildman–Crippen LogP) is 4.42. The normalized spacial score (nSPS) is 11.9. The van der Waals surface area contributed by atoms with Gasteiger partial charge >= 0.3 is 0 Å². The van der Waals surface area contributed by atoms with Crippen molar-refractivity contribution in [3.8, 4) is 17.2 Å². The number of carbonyl (C=O) groups excluding carboxylic acids is 2. The number of rotatable bonds is 9. The molecule has 33 heavy (non-hydrogen) atoms. The summed E-state index contributed by atoms with van der Waals surface area (Å²) in [5.74, 6) is 0.824. The summed E-state index contributed by atoms with van der Waals surface area (Å²) in [5.41, 5.74) is 1.38. The SMILES string of the molecule is COc1ccc([C@@H](C)NC(=O)/C(=C/c2cccs2)NC(=O)c2ccc(OC)c(OC)c2)cc1. The predicted molar refractivity (Wildman–Crippen MR) is 129 cm³/mol. The van der Waals surface area contributed by atoms with Crippen LogP contribution in [0.1, 0.15) is 33.8 Å². The highest BCUT2D eigenvalue weighted by atomic mass is 32.1. The van der Waals surface area contributed by atoms with Gasteiger partial charge in [0.25, 0.3) is 11.8 Å². The molecule has 0 fully saturated rings. The van der Waals surface area contributed by atoms with Gasteiger partial charge in [0.1, 0.15) is 11.4 Å². The van der Waals surface area contributed by atoms with Crippen LogP contribution in [0.15, 0.2) is 65.7 Å². The molecule has 0 aliphatic carbocycles. The Hall–Kier alpha value is -3.78. The molecule has 0 unspecified atom stereocenters. The minimum atomic E-state index is -0.439. The van der Waals surface area contributed by atoms with Gasteiger partial charge in [-0.15, -0.1) is 11.3 Å². The smallest absolute Gasteiger partial charge is 0.268 e. The third-order valence-electron chi connectivity index (χ3n) is 4.93. The van der Waals surface area contributed by atoms with Crippen molar-refractivity contribution in [2.24, 2.45) is 0 Å². The molecule has 172 valence electrons. The van der Waals surface area contributed by atoms with E-state index >= 15 is 0 Å².